The van der Waals surface area contributed by atoms with Crippen LogP contribution in [0.5, 0.6) is 17.2 Å². The molecule has 3 nitrogen and oxygen atoms in total. The maximum absolute atomic E-state index is 11.0. The van der Waals surface area contributed by atoms with Gasteiger partial charge in [-0.25, -0.2) is 0 Å². The minimum absolute atomic E-state index is 0.0994. The van der Waals surface area contributed by atoms with Crippen molar-refractivity contribution in [2.45, 2.75) is 51.9 Å². The molecule has 0 amide bonds. The van der Waals surface area contributed by atoms with E-state index in [1.165, 1.54) is 25.7 Å². The second-order valence-electron chi connectivity index (χ2n) is 9.02. The Morgan fingerprint density at radius 2 is 1.05 bits per heavy atom. The van der Waals surface area contributed by atoms with E-state index in [0.29, 0.717) is 19.3 Å². The van der Waals surface area contributed by atoms with Gasteiger partial charge in [-0.3, -0.25) is 0 Å². The predicted molar refractivity (Wildman–Crippen MR) is 160 cm³/mol. The van der Waals surface area contributed by atoms with Crippen LogP contribution < -0.4 is 15.3 Å². The Balaban J connectivity index is 0.000000267. The summed E-state index contributed by atoms with van der Waals surface area (Å²) in [6.45, 7) is 12.9. The second-order valence-corrected chi connectivity index (χ2v) is 10.5. The minimum atomic E-state index is 0.0994. The van der Waals surface area contributed by atoms with E-state index in [0.717, 1.165) is 16.7 Å². The Morgan fingerprint density at radius 3 is 1.32 bits per heavy atom. The average Bonchev–Trinajstić information content (AvgIpc) is 3.37. The molecule has 0 fully saturated rings. The molecule has 1 aliphatic rings. The molecule has 0 N–H and O–H groups in total. The third-order valence-corrected chi connectivity index (χ3v) is 7.13. The van der Waals surface area contributed by atoms with E-state index < -0.39 is 0 Å². The van der Waals surface area contributed by atoms with Crippen LogP contribution in [-0.2, 0) is 44.0 Å². The molecule has 0 saturated heterocycles. The molecule has 0 radical (unpaired) electrons. The van der Waals surface area contributed by atoms with Crippen LogP contribution in [0.1, 0.15) is 49.3 Å². The van der Waals surface area contributed by atoms with Crippen molar-refractivity contribution in [2.24, 2.45) is 0 Å². The topological polar surface area (TPSA) is 69.2 Å². The molecule has 0 atom stereocenters. The molecule has 0 unspecified atom stereocenters. The van der Waals surface area contributed by atoms with Crippen molar-refractivity contribution < 1.29 is 40.0 Å². The summed E-state index contributed by atoms with van der Waals surface area (Å²) < 4.78 is 1.67. The number of rotatable bonds is 9. The van der Waals surface area contributed by atoms with Crippen molar-refractivity contribution in [3.63, 3.8) is 0 Å². The van der Waals surface area contributed by atoms with Crippen molar-refractivity contribution in [1.82, 2.24) is 0 Å². The van der Waals surface area contributed by atoms with Gasteiger partial charge in [0.05, 0.1) is 0 Å². The zero-order chi connectivity index (χ0) is 29.6. The van der Waals surface area contributed by atoms with Gasteiger partial charge in [0.15, 0.2) is 0 Å². The standard InChI is InChI=1S/3C9H10O.C9H13.Zr/c3*1-2-5-8-6-3-4-7-9(8)10;1-2-3-6-9-7-4-5-8-9;/h3*2-4,6-7,10H,1,5H2;4,7H,2-3,5-6H2,1H3;/q;;;;+3/p-3. The first-order chi connectivity index (χ1) is 19.4. The Kier molecular flexibility index (Phi) is 18.6. The molecule has 4 rings (SSSR count). The van der Waals surface area contributed by atoms with Gasteiger partial charge in [-0.15, -0.1) is 37.0 Å². The van der Waals surface area contributed by atoms with Gasteiger partial charge >= 0.3 is 78.3 Å². The van der Waals surface area contributed by atoms with Crippen molar-refractivity contribution in [3.05, 3.63) is 148 Å². The van der Waals surface area contributed by atoms with E-state index in [1.54, 1.807) is 88.2 Å². The van der Waals surface area contributed by atoms with Crippen LogP contribution in [-0.4, -0.2) is 0 Å². The second kappa shape index (κ2) is 21.5. The summed E-state index contributed by atoms with van der Waals surface area (Å²) in [5.41, 5.74) is 4.08. The summed E-state index contributed by atoms with van der Waals surface area (Å²) in [6.07, 6.45) is 17.0. The van der Waals surface area contributed by atoms with Crippen LogP contribution >= 0.6 is 0 Å². The Bertz CT molecular complexity index is 1120. The van der Waals surface area contributed by atoms with Gasteiger partial charge in [0.1, 0.15) is 0 Å². The zero-order valence-electron chi connectivity index (χ0n) is 23.6. The van der Waals surface area contributed by atoms with Gasteiger partial charge < -0.3 is 15.3 Å². The zero-order valence-corrected chi connectivity index (χ0v) is 26.1. The van der Waals surface area contributed by atoms with E-state index in [-0.39, 0.29) is 17.2 Å². The molecule has 1 aliphatic carbocycles. The van der Waals surface area contributed by atoms with Gasteiger partial charge in [0.2, 0.25) is 0 Å². The third-order valence-electron chi connectivity index (χ3n) is 5.84. The van der Waals surface area contributed by atoms with Crippen molar-refractivity contribution in [3.8, 4) is 17.2 Å². The molecular formula is C36H40O3Zr. The predicted octanol–water partition coefficient (Wildman–Crippen LogP) is 7.40. The average molecular weight is 612 g/mol. The van der Waals surface area contributed by atoms with Crippen molar-refractivity contribution in [2.75, 3.05) is 0 Å². The number of hydrogen-bond acceptors (Lipinski definition) is 3. The van der Waals surface area contributed by atoms with Crippen molar-refractivity contribution >= 4 is 0 Å². The van der Waals surface area contributed by atoms with Gasteiger partial charge in [0, 0.05) is 0 Å². The molecule has 0 heterocycles. The monoisotopic (exact) mass is 610 g/mol. The van der Waals surface area contributed by atoms with E-state index in [9.17, 15) is 15.3 Å². The summed E-state index contributed by atoms with van der Waals surface area (Å²) in [5.74, 6) is 0.298. The first kappa shape index (κ1) is 34.7. The normalized spacial score (nSPS) is 11.2. The molecule has 0 spiro atoms. The van der Waals surface area contributed by atoms with E-state index in [2.05, 4.69) is 38.8 Å². The number of allylic oxidation sites excluding steroid dienone is 7. The first-order valence-electron chi connectivity index (χ1n) is 13.5. The van der Waals surface area contributed by atoms with Gasteiger partial charge in [-0.1, -0.05) is 108 Å². The van der Waals surface area contributed by atoms with Crippen LogP contribution in [0.25, 0.3) is 0 Å². The molecule has 0 saturated carbocycles. The fraction of sp³-hybridized carbons (Fsp3) is 0.222. The van der Waals surface area contributed by atoms with Crippen LogP contribution in [0, 0.1) is 0 Å². The van der Waals surface area contributed by atoms with E-state index in [4.69, 9.17) is 0 Å². The SMILES string of the molecule is C=CCc1ccccc1[O-].C=CCc1ccccc1[O-].C=CCc1ccccc1[O-].CCCCC1=[C]([Zr+3])CC=C1. The molecular weight excluding hydrogens is 572 g/mol. The van der Waals surface area contributed by atoms with Crippen LogP contribution in [0.3, 0.4) is 0 Å². The molecule has 3 aromatic rings. The number of hydrogen-bond donors (Lipinski definition) is 0. The summed E-state index contributed by atoms with van der Waals surface area (Å²) in [4.78, 5) is 0. The first-order valence-corrected chi connectivity index (χ1v) is 14.8. The van der Waals surface area contributed by atoms with E-state index in [1.807, 2.05) is 36.4 Å². The number of unbranched alkanes of at least 4 members (excludes halogenated alkanes) is 1. The molecule has 0 aromatic heterocycles. The van der Waals surface area contributed by atoms with Gasteiger partial charge in [-0.2, -0.15) is 0 Å². The fourth-order valence-electron chi connectivity index (χ4n) is 3.64. The molecule has 3 aromatic carbocycles. The molecule has 0 bridgehead atoms. The fourth-order valence-corrected chi connectivity index (χ4v) is 4.44. The maximum atomic E-state index is 11.0. The van der Waals surface area contributed by atoms with Crippen molar-refractivity contribution in [1.29, 1.82) is 0 Å². The molecule has 206 valence electrons. The summed E-state index contributed by atoms with van der Waals surface area (Å²) in [6, 6.07) is 21.0. The number of para-hydroxylation sites is 3. The summed E-state index contributed by atoms with van der Waals surface area (Å²) in [5, 5.41) is 32.9. The quantitative estimate of drug-likeness (QED) is 0.237. The molecule has 40 heavy (non-hydrogen) atoms. The Labute approximate surface area is 256 Å². The van der Waals surface area contributed by atoms with Crippen LogP contribution in [0.15, 0.2) is 132 Å². The molecule has 4 heteroatoms. The van der Waals surface area contributed by atoms with E-state index >= 15 is 0 Å². The number of benzene rings is 3. The molecule has 0 aliphatic heterocycles. The summed E-state index contributed by atoms with van der Waals surface area (Å²) >= 11 is 1.61. The Morgan fingerprint density at radius 1 is 0.675 bits per heavy atom. The van der Waals surface area contributed by atoms with Crippen LogP contribution in [0.2, 0.25) is 0 Å². The summed E-state index contributed by atoms with van der Waals surface area (Å²) in [7, 11) is 0. The van der Waals surface area contributed by atoms with Gasteiger partial charge in [-0.05, 0) is 19.3 Å². The third kappa shape index (κ3) is 14.1. The Hall–Kier alpha value is -3.36. The van der Waals surface area contributed by atoms with Gasteiger partial charge in [0.25, 0.3) is 0 Å². The van der Waals surface area contributed by atoms with Crippen LogP contribution in [0.4, 0.5) is 0 Å².